The third kappa shape index (κ3) is 2.67. The molecule has 90 valence electrons. The average Bonchev–Trinajstić information content (AvgIpc) is 2.41. The zero-order chi connectivity index (χ0) is 13.0. The molecule has 2 aromatic rings. The van der Waals surface area contributed by atoms with Gasteiger partial charge in [0.05, 0.1) is 0 Å². The van der Waals surface area contributed by atoms with Crippen molar-refractivity contribution >= 4 is 5.69 Å². The van der Waals surface area contributed by atoms with Gasteiger partial charge in [-0.2, -0.15) is 0 Å². The van der Waals surface area contributed by atoms with E-state index in [4.69, 9.17) is 6.42 Å². The Bertz CT molecular complexity index is 600. The van der Waals surface area contributed by atoms with Crippen molar-refractivity contribution in [1.29, 1.82) is 0 Å². The van der Waals surface area contributed by atoms with Crippen LogP contribution in [0.25, 0.3) is 0 Å². The number of hydrogen-bond donors (Lipinski definition) is 1. The fourth-order valence-corrected chi connectivity index (χ4v) is 1.60. The lowest BCUT2D eigenvalue weighted by molar-refractivity contribution is 0.500. The largest absolute Gasteiger partial charge is 0.381 e. The van der Waals surface area contributed by atoms with Crippen molar-refractivity contribution in [3.8, 4) is 12.3 Å². The summed E-state index contributed by atoms with van der Waals surface area (Å²) in [7, 11) is 0. The molecule has 0 unspecified atom stereocenters. The average molecular weight is 243 g/mol. The molecule has 0 fully saturated rings. The summed E-state index contributed by atoms with van der Waals surface area (Å²) in [5.41, 5.74) is 1.79. The zero-order valence-corrected chi connectivity index (χ0v) is 9.58. The molecule has 0 aliphatic carbocycles. The number of rotatable bonds is 3. The molecule has 0 radical (unpaired) electrons. The van der Waals surface area contributed by atoms with E-state index >= 15 is 0 Å². The van der Waals surface area contributed by atoms with Gasteiger partial charge in [0, 0.05) is 23.4 Å². The minimum absolute atomic E-state index is 0.206. The van der Waals surface area contributed by atoms with E-state index in [0.29, 0.717) is 0 Å². The van der Waals surface area contributed by atoms with Gasteiger partial charge < -0.3 is 5.32 Å². The molecule has 0 aromatic heterocycles. The van der Waals surface area contributed by atoms with Gasteiger partial charge in [0.1, 0.15) is 0 Å². The van der Waals surface area contributed by atoms with Crippen molar-refractivity contribution in [3.63, 3.8) is 0 Å². The summed E-state index contributed by atoms with van der Waals surface area (Å²) >= 11 is 0. The second-order valence-corrected chi connectivity index (χ2v) is 3.79. The van der Waals surface area contributed by atoms with Crippen LogP contribution in [0.1, 0.15) is 11.1 Å². The summed E-state index contributed by atoms with van der Waals surface area (Å²) in [6, 6.07) is 11.3. The molecule has 1 nitrogen and oxygen atoms in total. The van der Waals surface area contributed by atoms with E-state index in [1.165, 1.54) is 12.1 Å². The number of terminal acetylenes is 1. The zero-order valence-electron chi connectivity index (χ0n) is 9.58. The fourth-order valence-electron chi connectivity index (χ4n) is 1.60. The highest BCUT2D eigenvalue weighted by molar-refractivity contribution is 5.50. The standard InChI is InChI=1S/C15H11F2N/c1-2-11-5-3-7-13(9-11)18-10-12-6-4-8-14(16)15(12)17/h1,3-9,18H,10H2. The van der Waals surface area contributed by atoms with E-state index in [0.717, 1.165) is 17.3 Å². The summed E-state index contributed by atoms with van der Waals surface area (Å²) in [5, 5.41) is 3.00. The van der Waals surface area contributed by atoms with Crippen molar-refractivity contribution < 1.29 is 8.78 Å². The van der Waals surface area contributed by atoms with E-state index in [2.05, 4.69) is 11.2 Å². The Morgan fingerprint density at radius 2 is 1.89 bits per heavy atom. The van der Waals surface area contributed by atoms with Gasteiger partial charge in [-0.25, -0.2) is 8.78 Å². The van der Waals surface area contributed by atoms with Crippen LogP contribution in [0, 0.1) is 24.0 Å². The maximum atomic E-state index is 13.4. The summed E-state index contributed by atoms with van der Waals surface area (Å²) in [5.74, 6) is 0.850. The molecule has 0 amide bonds. The summed E-state index contributed by atoms with van der Waals surface area (Å²) in [4.78, 5) is 0. The molecule has 0 saturated heterocycles. The molecule has 18 heavy (non-hydrogen) atoms. The number of hydrogen-bond acceptors (Lipinski definition) is 1. The highest BCUT2D eigenvalue weighted by atomic mass is 19.2. The lowest BCUT2D eigenvalue weighted by Crippen LogP contribution is -2.03. The Morgan fingerprint density at radius 1 is 1.11 bits per heavy atom. The molecule has 1 N–H and O–H groups in total. The number of nitrogens with one attached hydrogen (secondary N) is 1. The van der Waals surface area contributed by atoms with Crippen LogP contribution in [0.5, 0.6) is 0 Å². The normalized spacial score (nSPS) is 9.83. The van der Waals surface area contributed by atoms with Crippen molar-refractivity contribution in [2.75, 3.05) is 5.32 Å². The number of halogens is 2. The van der Waals surface area contributed by atoms with Gasteiger partial charge in [0.25, 0.3) is 0 Å². The minimum Gasteiger partial charge on any atom is -0.381 e. The Labute approximate surface area is 104 Å². The molecular formula is C15H11F2N. The lowest BCUT2D eigenvalue weighted by atomic mass is 10.2. The first-order valence-electron chi connectivity index (χ1n) is 5.44. The maximum Gasteiger partial charge on any atom is 0.163 e. The van der Waals surface area contributed by atoms with Gasteiger partial charge in [-0.3, -0.25) is 0 Å². The van der Waals surface area contributed by atoms with E-state index < -0.39 is 11.6 Å². The van der Waals surface area contributed by atoms with Crippen LogP contribution in [0.3, 0.4) is 0 Å². The second kappa shape index (κ2) is 5.33. The molecule has 3 heteroatoms. The predicted octanol–water partition coefficient (Wildman–Crippen LogP) is 3.56. The Morgan fingerprint density at radius 3 is 2.67 bits per heavy atom. The third-order valence-corrected chi connectivity index (χ3v) is 2.54. The first-order chi connectivity index (χ1) is 8.70. The van der Waals surface area contributed by atoms with Crippen LogP contribution in [0.4, 0.5) is 14.5 Å². The predicted molar refractivity (Wildman–Crippen MR) is 68.1 cm³/mol. The van der Waals surface area contributed by atoms with Crippen LogP contribution >= 0.6 is 0 Å². The SMILES string of the molecule is C#Cc1cccc(NCc2cccc(F)c2F)c1. The smallest absolute Gasteiger partial charge is 0.163 e. The number of anilines is 1. The van der Waals surface area contributed by atoms with Crippen molar-refractivity contribution in [1.82, 2.24) is 0 Å². The highest BCUT2D eigenvalue weighted by Gasteiger charge is 2.06. The van der Waals surface area contributed by atoms with Crippen LogP contribution in [0.15, 0.2) is 42.5 Å². The summed E-state index contributed by atoms with van der Waals surface area (Å²) in [6.45, 7) is 0.206. The first kappa shape index (κ1) is 12.1. The van der Waals surface area contributed by atoms with Gasteiger partial charge in [-0.1, -0.05) is 24.1 Å². The lowest BCUT2D eigenvalue weighted by Gasteiger charge is -2.08. The van der Waals surface area contributed by atoms with Crippen LogP contribution in [-0.2, 0) is 6.54 Å². The topological polar surface area (TPSA) is 12.0 Å². The van der Waals surface area contributed by atoms with E-state index in [-0.39, 0.29) is 12.1 Å². The van der Waals surface area contributed by atoms with E-state index in [9.17, 15) is 8.78 Å². The molecule has 0 heterocycles. The third-order valence-electron chi connectivity index (χ3n) is 2.54. The summed E-state index contributed by atoms with van der Waals surface area (Å²) < 4.78 is 26.4. The molecule has 0 saturated carbocycles. The molecule has 0 bridgehead atoms. The summed E-state index contributed by atoms with van der Waals surface area (Å²) in [6.07, 6.45) is 5.28. The molecule has 0 spiro atoms. The van der Waals surface area contributed by atoms with E-state index in [1.807, 2.05) is 6.07 Å². The quantitative estimate of drug-likeness (QED) is 0.813. The van der Waals surface area contributed by atoms with Crippen LogP contribution in [0.2, 0.25) is 0 Å². The molecule has 2 aromatic carbocycles. The van der Waals surface area contributed by atoms with E-state index in [1.54, 1.807) is 18.2 Å². The van der Waals surface area contributed by atoms with Gasteiger partial charge in [0.15, 0.2) is 11.6 Å². The van der Waals surface area contributed by atoms with Crippen molar-refractivity contribution in [2.45, 2.75) is 6.54 Å². The van der Waals surface area contributed by atoms with Gasteiger partial charge in [0.2, 0.25) is 0 Å². The van der Waals surface area contributed by atoms with Gasteiger partial charge in [-0.05, 0) is 24.3 Å². The molecule has 2 rings (SSSR count). The van der Waals surface area contributed by atoms with Crippen molar-refractivity contribution in [3.05, 3.63) is 65.2 Å². The Kier molecular flexibility index (Phi) is 3.59. The molecule has 0 aliphatic rings. The van der Waals surface area contributed by atoms with Gasteiger partial charge in [-0.15, -0.1) is 6.42 Å². The number of benzene rings is 2. The van der Waals surface area contributed by atoms with Crippen LogP contribution < -0.4 is 5.32 Å². The Hall–Kier alpha value is -2.34. The maximum absolute atomic E-state index is 13.4. The monoisotopic (exact) mass is 243 g/mol. The van der Waals surface area contributed by atoms with Crippen LogP contribution in [-0.4, -0.2) is 0 Å². The molecule has 0 atom stereocenters. The van der Waals surface area contributed by atoms with Gasteiger partial charge >= 0.3 is 0 Å². The second-order valence-electron chi connectivity index (χ2n) is 3.79. The molecular weight excluding hydrogens is 232 g/mol. The fraction of sp³-hybridized carbons (Fsp3) is 0.0667. The Balaban J connectivity index is 2.12. The minimum atomic E-state index is -0.841. The highest BCUT2D eigenvalue weighted by Crippen LogP contribution is 2.15. The first-order valence-corrected chi connectivity index (χ1v) is 5.44. The van der Waals surface area contributed by atoms with Crippen molar-refractivity contribution in [2.24, 2.45) is 0 Å². The molecule has 0 aliphatic heterocycles.